The number of hydrogen-bond donors (Lipinski definition) is 3. The van der Waals surface area contributed by atoms with E-state index < -0.39 is 11.0 Å². The van der Waals surface area contributed by atoms with Gasteiger partial charge in [0.15, 0.2) is 6.04 Å². The molecule has 0 fully saturated rings. The predicted molar refractivity (Wildman–Crippen MR) is 20.8 cm³/mol. The van der Waals surface area contributed by atoms with Crippen molar-refractivity contribution in [3.8, 4) is 0 Å². The first-order valence-electron chi connectivity index (χ1n) is 2.01. The Morgan fingerprint density at radius 1 is 1.12 bits per heavy atom. The Morgan fingerprint density at radius 2 is 1.25 bits per heavy atom. The maximum absolute atomic E-state index is 8.14. The van der Waals surface area contributed by atoms with E-state index in [1.54, 1.807) is 0 Å². The van der Waals surface area contributed by atoms with E-state index in [9.17, 15) is 0 Å². The summed E-state index contributed by atoms with van der Waals surface area (Å²) in [6, 6.07) is -0.597. The Hall–Kier alpha value is -0.230. The largest absolute Gasteiger partial charge is 1.00 e. The van der Waals surface area contributed by atoms with Crippen molar-refractivity contribution in [2.24, 2.45) is 0 Å². The molecule has 3 N–H and O–H groups in total. The molecule has 0 amide bonds. The summed E-state index contributed by atoms with van der Waals surface area (Å²) in [6.45, 7) is 2.94. The Bertz CT molecular complexity index is 60.0. The van der Waals surface area contributed by atoms with E-state index in [0.717, 1.165) is 0 Å². The van der Waals surface area contributed by atoms with Gasteiger partial charge in [0.05, 0.1) is 4.97 Å². The van der Waals surface area contributed by atoms with Crippen molar-refractivity contribution >= 4 is 0 Å². The lowest BCUT2D eigenvalue weighted by Crippen LogP contribution is -3.00. The van der Waals surface area contributed by atoms with Gasteiger partial charge >= 0.3 is 0 Å². The maximum Gasteiger partial charge on any atom is 0.181 e. The fourth-order valence-corrected chi connectivity index (χ4v) is 0. The van der Waals surface area contributed by atoms with E-state index in [1.807, 2.05) is 0 Å². The lowest BCUT2D eigenvalue weighted by molar-refractivity contribution is -1.38. The van der Waals surface area contributed by atoms with Crippen LogP contribution in [0, 0.1) is 0 Å². The van der Waals surface area contributed by atoms with Gasteiger partial charge in [-0.3, -0.25) is 0 Å². The van der Waals surface area contributed by atoms with E-state index in [0.29, 0.717) is 0 Å². The molecule has 0 aliphatic rings. The van der Waals surface area contributed by atoms with E-state index in [-0.39, 0.29) is 4.70 Å². The number of nitrogens with zero attached hydrogens (tertiary/aromatic N) is 1. The van der Waals surface area contributed by atoms with Crippen LogP contribution in [0.1, 0.15) is 13.8 Å². The third kappa shape index (κ3) is 3.94. The Morgan fingerprint density at radius 3 is 1.25 bits per heavy atom. The first-order chi connectivity index (χ1) is 2.94. The van der Waals surface area contributed by atoms with Gasteiger partial charge in [-0.25, -0.2) is 0 Å². The van der Waals surface area contributed by atoms with Gasteiger partial charge < -0.3 is 4.70 Å². The summed E-state index contributed by atoms with van der Waals surface area (Å²) >= 11 is 0. The van der Waals surface area contributed by atoms with Crippen molar-refractivity contribution < 1.29 is 25.3 Å². The summed E-state index contributed by atoms with van der Waals surface area (Å²) in [5.41, 5.74) is 0. The molecule has 0 saturated carbocycles. The van der Waals surface area contributed by atoms with Crippen molar-refractivity contribution in [2.75, 3.05) is 0 Å². The highest BCUT2D eigenvalue weighted by atomic mass is 19.0. The van der Waals surface area contributed by atoms with Crippen LogP contribution in [0.3, 0.4) is 0 Å². The second-order valence-electron chi connectivity index (χ2n) is 1.71. The van der Waals surface area contributed by atoms with Gasteiger partial charge in [-0.2, -0.15) is 0 Å². The molecule has 52 valence electrons. The molecule has 5 heteroatoms. The zero-order chi connectivity index (χ0) is 6.08. The van der Waals surface area contributed by atoms with Crippen molar-refractivity contribution in [1.82, 2.24) is 0 Å². The fraction of sp³-hybridized carbons (Fsp3) is 1.00. The summed E-state index contributed by atoms with van der Waals surface area (Å²) < 4.78 is 0. The summed E-state index contributed by atoms with van der Waals surface area (Å²) in [7, 11) is 0. The second-order valence-corrected chi connectivity index (χ2v) is 1.71. The van der Waals surface area contributed by atoms with Gasteiger partial charge in [0.2, 0.25) is 0 Å². The Labute approximate surface area is 46.4 Å². The van der Waals surface area contributed by atoms with Crippen LogP contribution in [0.15, 0.2) is 0 Å². The molecule has 0 rings (SSSR count). The van der Waals surface area contributed by atoms with Crippen LogP contribution in [0.2, 0.25) is 0 Å². The molecule has 0 aromatic rings. The summed E-state index contributed by atoms with van der Waals surface area (Å²) in [5.74, 6) is 0. The molecule has 0 spiro atoms. The SMILES string of the molecule is CC(C)[N+](O)(O)O.[F-]. The summed E-state index contributed by atoms with van der Waals surface area (Å²) in [6.07, 6.45) is 0. The molecule has 0 aliphatic heterocycles. The molecular weight excluding hydrogens is 117 g/mol. The molecule has 0 aromatic carbocycles. The van der Waals surface area contributed by atoms with Crippen molar-refractivity contribution in [2.45, 2.75) is 19.9 Å². The molecule has 0 unspecified atom stereocenters. The maximum atomic E-state index is 8.14. The van der Waals surface area contributed by atoms with Gasteiger partial charge in [-0.15, -0.1) is 15.6 Å². The smallest absolute Gasteiger partial charge is 0.181 e. The van der Waals surface area contributed by atoms with E-state index in [2.05, 4.69) is 0 Å². The number of quaternary nitrogens is 1. The van der Waals surface area contributed by atoms with E-state index in [4.69, 9.17) is 15.6 Å². The van der Waals surface area contributed by atoms with Crippen molar-refractivity contribution in [1.29, 1.82) is 0 Å². The quantitative estimate of drug-likeness (QED) is 0.267. The molecule has 0 bridgehead atoms. The summed E-state index contributed by atoms with van der Waals surface area (Å²) in [5, 5.41) is 24.4. The van der Waals surface area contributed by atoms with Crippen LogP contribution in [-0.2, 0) is 0 Å². The zero-order valence-electron chi connectivity index (χ0n) is 4.74. The highest BCUT2D eigenvalue weighted by molar-refractivity contribution is 4.22. The highest BCUT2D eigenvalue weighted by Gasteiger charge is 2.23. The van der Waals surface area contributed by atoms with Crippen LogP contribution >= 0.6 is 0 Å². The fourth-order valence-electron chi connectivity index (χ4n) is 0. The van der Waals surface area contributed by atoms with Gasteiger partial charge in [0.1, 0.15) is 0 Å². The molecule has 0 aromatic heterocycles. The normalized spacial score (nSPS) is 11.2. The number of halogens is 1. The van der Waals surface area contributed by atoms with Crippen LogP contribution in [-0.4, -0.2) is 26.6 Å². The van der Waals surface area contributed by atoms with Crippen LogP contribution in [0.5, 0.6) is 0 Å². The predicted octanol–water partition coefficient (Wildman–Crippen LogP) is -2.62. The molecule has 0 saturated heterocycles. The number of hydroxylamine groups is 3. The van der Waals surface area contributed by atoms with Crippen molar-refractivity contribution in [3.63, 3.8) is 0 Å². The Kier molecular flexibility index (Phi) is 3.92. The number of hydrogen-bond acceptors (Lipinski definition) is 3. The number of rotatable bonds is 1. The van der Waals surface area contributed by atoms with Gasteiger partial charge in [0, 0.05) is 0 Å². The third-order valence-electron chi connectivity index (χ3n) is 0.693. The first-order valence-corrected chi connectivity index (χ1v) is 2.01. The second kappa shape index (κ2) is 2.93. The van der Waals surface area contributed by atoms with Crippen LogP contribution in [0.4, 0.5) is 0 Å². The van der Waals surface area contributed by atoms with Crippen molar-refractivity contribution in [3.05, 3.63) is 0 Å². The van der Waals surface area contributed by atoms with E-state index >= 15 is 0 Å². The monoisotopic (exact) mass is 127 g/mol. The topological polar surface area (TPSA) is 60.7 Å². The molecule has 8 heavy (non-hydrogen) atoms. The average Bonchev–Trinajstić information content (AvgIpc) is 1.31. The minimum absolute atomic E-state index is 0. The molecule has 0 heterocycles. The molecular formula is C3H10FNO3. The van der Waals surface area contributed by atoms with E-state index in [1.165, 1.54) is 13.8 Å². The lowest BCUT2D eigenvalue weighted by atomic mass is 10.4. The van der Waals surface area contributed by atoms with Gasteiger partial charge in [-0.05, 0) is 13.8 Å². The first kappa shape index (κ1) is 10.7. The van der Waals surface area contributed by atoms with Gasteiger partial charge in [-0.1, -0.05) is 0 Å². The molecule has 0 radical (unpaired) electrons. The third-order valence-corrected chi connectivity index (χ3v) is 0.693. The van der Waals surface area contributed by atoms with Gasteiger partial charge in [0.25, 0.3) is 0 Å². The average molecular weight is 127 g/mol. The Balaban J connectivity index is 0. The minimum Gasteiger partial charge on any atom is -1.00 e. The zero-order valence-corrected chi connectivity index (χ0v) is 4.74. The van der Waals surface area contributed by atoms with Crippen LogP contribution < -0.4 is 4.70 Å². The standard InChI is InChI=1S/C3H10NO3.FH/c1-3(2)4(5,6)7;/h3,5-7H,1-2H3;1H/q+1;/p-1. The molecule has 4 nitrogen and oxygen atoms in total. The lowest BCUT2D eigenvalue weighted by Gasteiger charge is -2.14. The molecule has 0 atom stereocenters. The summed E-state index contributed by atoms with van der Waals surface area (Å²) in [4.78, 5) is -1.94. The molecule has 0 aliphatic carbocycles. The minimum atomic E-state index is -1.94. The van der Waals surface area contributed by atoms with Crippen LogP contribution in [0.25, 0.3) is 0 Å². The highest BCUT2D eigenvalue weighted by Crippen LogP contribution is 1.95.